The third-order valence-corrected chi connectivity index (χ3v) is 2.56. The minimum atomic E-state index is -1.05. The number of amides is 2. The Morgan fingerprint density at radius 2 is 2.11 bits per heavy atom. The molecule has 1 rings (SSSR count). The van der Waals surface area contributed by atoms with Gasteiger partial charge in [-0.25, -0.2) is 4.79 Å². The first kappa shape index (κ1) is 14.0. The second-order valence-corrected chi connectivity index (χ2v) is 4.35. The van der Waals surface area contributed by atoms with Crippen LogP contribution in [0.5, 0.6) is 0 Å². The lowest BCUT2D eigenvalue weighted by Crippen LogP contribution is -2.44. The van der Waals surface area contributed by atoms with Crippen LogP contribution in [0.1, 0.15) is 18.1 Å². The van der Waals surface area contributed by atoms with Crippen LogP contribution in [-0.4, -0.2) is 35.1 Å². The van der Waals surface area contributed by atoms with Crippen molar-refractivity contribution in [2.45, 2.75) is 26.4 Å². The summed E-state index contributed by atoms with van der Waals surface area (Å²) in [5, 5.41) is 11.1. The molecule has 0 fully saturated rings. The molecule has 98 valence electrons. The topological polar surface area (TPSA) is 69.6 Å². The van der Waals surface area contributed by atoms with Crippen molar-refractivity contribution in [1.29, 1.82) is 0 Å². The van der Waals surface area contributed by atoms with Gasteiger partial charge in [-0.2, -0.15) is 0 Å². The predicted octanol–water partition coefficient (Wildman–Crippen LogP) is 1.61. The summed E-state index contributed by atoms with van der Waals surface area (Å²) in [6.07, 6.45) is 0. The zero-order valence-corrected chi connectivity index (χ0v) is 10.8. The number of aryl methyl sites for hydroxylation is 1. The highest BCUT2D eigenvalue weighted by Crippen LogP contribution is 2.06. The zero-order chi connectivity index (χ0) is 13.7. The maximum Gasteiger partial charge on any atom is 0.325 e. The van der Waals surface area contributed by atoms with Gasteiger partial charge < -0.3 is 15.3 Å². The Labute approximate surface area is 106 Å². The summed E-state index contributed by atoms with van der Waals surface area (Å²) >= 11 is 0. The van der Waals surface area contributed by atoms with Crippen LogP contribution in [0.15, 0.2) is 24.3 Å². The fourth-order valence-corrected chi connectivity index (χ4v) is 1.51. The zero-order valence-electron chi connectivity index (χ0n) is 10.8. The van der Waals surface area contributed by atoms with E-state index in [0.29, 0.717) is 6.54 Å². The van der Waals surface area contributed by atoms with E-state index in [-0.39, 0.29) is 0 Å². The molecule has 0 aliphatic heterocycles. The molecule has 0 saturated heterocycles. The number of benzene rings is 1. The Bertz CT molecular complexity index is 446. The molecule has 1 aromatic rings. The summed E-state index contributed by atoms with van der Waals surface area (Å²) in [6, 6.07) is 6.54. The van der Waals surface area contributed by atoms with E-state index in [2.05, 4.69) is 5.32 Å². The normalized spacial score (nSPS) is 11.7. The molecule has 1 aromatic carbocycles. The van der Waals surface area contributed by atoms with Crippen molar-refractivity contribution in [1.82, 2.24) is 10.2 Å². The highest BCUT2D eigenvalue weighted by Gasteiger charge is 2.16. The van der Waals surface area contributed by atoms with Gasteiger partial charge in [-0.3, -0.25) is 4.79 Å². The Morgan fingerprint density at radius 3 is 2.67 bits per heavy atom. The third-order valence-electron chi connectivity index (χ3n) is 2.56. The van der Waals surface area contributed by atoms with Gasteiger partial charge in [0.25, 0.3) is 0 Å². The fourth-order valence-electron chi connectivity index (χ4n) is 1.51. The van der Waals surface area contributed by atoms with Crippen molar-refractivity contribution < 1.29 is 14.7 Å². The molecule has 0 bridgehead atoms. The SMILES string of the molecule is Cc1cccc(CN(C)C(=O)N[C@H](C)C(=O)O)c1. The highest BCUT2D eigenvalue weighted by atomic mass is 16.4. The maximum atomic E-state index is 11.7. The summed E-state index contributed by atoms with van der Waals surface area (Å²) in [4.78, 5) is 23.8. The van der Waals surface area contributed by atoms with Gasteiger partial charge in [0.15, 0.2) is 0 Å². The van der Waals surface area contributed by atoms with Gasteiger partial charge in [-0.1, -0.05) is 29.8 Å². The second-order valence-electron chi connectivity index (χ2n) is 4.35. The molecule has 5 heteroatoms. The van der Waals surface area contributed by atoms with Crippen molar-refractivity contribution in [2.75, 3.05) is 7.05 Å². The van der Waals surface area contributed by atoms with Gasteiger partial charge in [0.1, 0.15) is 6.04 Å². The standard InChI is InChI=1S/C13H18N2O3/c1-9-5-4-6-11(7-9)8-15(3)13(18)14-10(2)12(16)17/h4-7,10H,8H2,1-3H3,(H,14,18)(H,16,17)/t10-/m1/s1. The summed E-state index contributed by atoms with van der Waals surface area (Å²) < 4.78 is 0. The summed E-state index contributed by atoms with van der Waals surface area (Å²) in [5.41, 5.74) is 2.14. The number of urea groups is 1. The molecule has 0 unspecified atom stereocenters. The second kappa shape index (κ2) is 6.05. The smallest absolute Gasteiger partial charge is 0.325 e. The summed E-state index contributed by atoms with van der Waals surface area (Å²) in [6.45, 7) is 3.86. The van der Waals surface area contributed by atoms with Crippen molar-refractivity contribution in [2.24, 2.45) is 0 Å². The van der Waals surface area contributed by atoms with Gasteiger partial charge in [-0.15, -0.1) is 0 Å². The minimum absolute atomic E-state index is 0.397. The van der Waals surface area contributed by atoms with Crippen molar-refractivity contribution in [3.63, 3.8) is 0 Å². The first-order valence-corrected chi connectivity index (χ1v) is 5.70. The average molecular weight is 250 g/mol. The molecule has 0 radical (unpaired) electrons. The Balaban J connectivity index is 2.57. The van der Waals surface area contributed by atoms with E-state index in [0.717, 1.165) is 11.1 Å². The molecule has 5 nitrogen and oxygen atoms in total. The van der Waals surface area contributed by atoms with Crippen LogP contribution >= 0.6 is 0 Å². The van der Waals surface area contributed by atoms with Gasteiger partial charge in [0.05, 0.1) is 0 Å². The molecule has 1 atom stereocenters. The lowest BCUT2D eigenvalue weighted by Gasteiger charge is -2.19. The molecular weight excluding hydrogens is 232 g/mol. The van der Waals surface area contributed by atoms with Crippen LogP contribution in [0, 0.1) is 6.92 Å². The monoisotopic (exact) mass is 250 g/mol. The molecule has 0 saturated carbocycles. The number of carbonyl (C=O) groups is 2. The number of nitrogens with one attached hydrogen (secondary N) is 1. The first-order valence-electron chi connectivity index (χ1n) is 5.70. The van der Waals surface area contributed by atoms with E-state index in [1.54, 1.807) is 7.05 Å². The molecule has 0 aliphatic rings. The van der Waals surface area contributed by atoms with Crippen LogP contribution in [0.2, 0.25) is 0 Å². The quantitative estimate of drug-likeness (QED) is 0.853. The van der Waals surface area contributed by atoms with Crippen LogP contribution in [0.3, 0.4) is 0 Å². The summed E-state index contributed by atoms with van der Waals surface area (Å²) in [5.74, 6) is -1.05. The number of rotatable bonds is 4. The van der Waals surface area contributed by atoms with E-state index in [1.807, 2.05) is 31.2 Å². The first-order chi connectivity index (χ1) is 8.40. The molecule has 0 heterocycles. The number of hydrogen-bond donors (Lipinski definition) is 2. The van der Waals surface area contributed by atoms with Crippen molar-refractivity contribution in [3.8, 4) is 0 Å². The molecule has 2 N–H and O–H groups in total. The van der Waals surface area contributed by atoms with Crippen LogP contribution in [0.25, 0.3) is 0 Å². The van der Waals surface area contributed by atoms with E-state index in [1.165, 1.54) is 11.8 Å². The Hall–Kier alpha value is -2.04. The number of carboxylic acid groups (broad SMARTS) is 1. The lowest BCUT2D eigenvalue weighted by atomic mass is 10.1. The predicted molar refractivity (Wildman–Crippen MR) is 68.3 cm³/mol. The molecule has 0 spiro atoms. The Morgan fingerprint density at radius 1 is 1.44 bits per heavy atom. The number of nitrogens with zero attached hydrogens (tertiary/aromatic N) is 1. The van der Waals surface area contributed by atoms with Crippen molar-refractivity contribution >= 4 is 12.0 Å². The van der Waals surface area contributed by atoms with Crippen LogP contribution in [-0.2, 0) is 11.3 Å². The van der Waals surface area contributed by atoms with Gasteiger partial charge >= 0.3 is 12.0 Å². The lowest BCUT2D eigenvalue weighted by molar-refractivity contribution is -0.138. The largest absolute Gasteiger partial charge is 0.480 e. The maximum absolute atomic E-state index is 11.7. The fraction of sp³-hybridized carbons (Fsp3) is 0.385. The number of aliphatic carboxylic acids is 1. The van der Waals surface area contributed by atoms with E-state index in [4.69, 9.17) is 5.11 Å². The molecule has 18 heavy (non-hydrogen) atoms. The molecular formula is C13H18N2O3. The molecule has 0 aliphatic carbocycles. The highest BCUT2D eigenvalue weighted by molar-refractivity contribution is 5.82. The summed E-state index contributed by atoms with van der Waals surface area (Å²) in [7, 11) is 1.63. The number of carbonyl (C=O) groups excluding carboxylic acids is 1. The number of hydrogen-bond acceptors (Lipinski definition) is 2. The Kier molecular flexibility index (Phi) is 4.71. The van der Waals surface area contributed by atoms with Crippen LogP contribution < -0.4 is 5.32 Å². The van der Waals surface area contributed by atoms with Gasteiger partial charge in [-0.05, 0) is 19.4 Å². The van der Waals surface area contributed by atoms with E-state index in [9.17, 15) is 9.59 Å². The van der Waals surface area contributed by atoms with Gasteiger partial charge in [0.2, 0.25) is 0 Å². The third kappa shape index (κ3) is 4.08. The minimum Gasteiger partial charge on any atom is -0.480 e. The molecule has 0 aromatic heterocycles. The van der Waals surface area contributed by atoms with Crippen molar-refractivity contribution in [3.05, 3.63) is 35.4 Å². The average Bonchev–Trinajstić information content (AvgIpc) is 2.28. The molecule has 2 amide bonds. The van der Waals surface area contributed by atoms with E-state index < -0.39 is 18.0 Å². The van der Waals surface area contributed by atoms with Crippen LogP contribution in [0.4, 0.5) is 4.79 Å². The van der Waals surface area contributed by atoms with E-state index >= 15 is 0 Å². The number of carboxylic acids is 1. The van der Waals surface area contributed by atoms with Gasteiger partial charge in [0, 0.05) is 13.6 Å².